The Labute approximate surface area is 122 Å². The molecule has 6 heteroatoms. The Morgan fingerprint density at radius 2 is 1.90 bits per heavy atom. The number of anilines is 1. The Morgan fingerprint density at radius 3 is 2.57 bits per heavy atom. The lowest BCUT2D eigenvalue weighted by Crippen LogP contribution is -2.06. The molecule has 0 atom stereocenters. The van der Waals surface area contributed by atoms with E-state index in [-0.39, 0.29) is 18.0 Å². The van der Waals surface area contributed by atoms with E-state index in [1.807, 2.05) is 20.8 Å². The summed E-state index contributed by atoms with van der Waals surface area (Å²) in [7, 11) is 0. The summed E-state index contributed by atoms with van der Waals surface area (Å²) in [5, 5.41) is 23.9. The Kier molecular flexibility index (Phi) is 4.07. The first-order chi connectivity index (χ1) is 9.88. The number of aromatic hydroxyl groups is 1. The van der Waals surface area contributed by atoms with Gasteiger partial charge in [-0.1, -0.05) is 0 Å². The third-order valence-electron chi connectivity index (χ3n) is 3.34. The minimum absolute atomic E-state index is 0.0187. The lowest BCUT2D eigenvalue weighted by atomic mass is 10.1. The first-order valence-corrected chi connectivity index (χ1v) is 6.53. The summed E-state index contributed by atoms with van der Waals surface area (Å²) in [6.07, 6.45) is 0. The van der Waals surface area contributed by atoms with Crippen LogP contribution in [0.1, 0.15) is 22.5 Å². The van der Waals surface area contributed by atoms with Crippen LogP contribution in [0, 0.1) is 30.9 Å². The highest BCUT2D eigenvalue weighted by Crippen LogP contribution is 2.28. The SMILES string of the molecule is Cc1ccc(O)c(CNc2cc(C)c(C)cc2[N+](=O)[O-])n1. The van der Waals surface area contributed by atoms with Crippen LogP contribution in [0.15, 0.2) is 24.3 Å². The Bertz CT molecular complexity index is 699. The third kappa shape index (κ3) is 3.28. The molecule has 1 aromatic heterocycles. The lowest BCUT2D eigenvalue weighted by Gasteiger charge is -2.10. The summed E-state index contributed by atoms with van der Waals surface area (Å²) in [6, 6.07) is 6.55. The number of aryl methyl sites for hydroxylation is 3. The van der Waals surface area contributed by atoms with Crippen molar-refractivity contribution in [2.75, 3.05) is 5.32 Å². The minimum Gasteiger partial charge on any atom is -0.506 e. The molecule has 0 saturated heterocycles. The van der Waals surface area contributed by atoms with Gasteiger partial charge in [0, 0.05) is 11.8 Å². The maximum absolute atomic E-state index is 11.1. The number of rotatable bonds is 4. The molecular formula is C15H17N3O3. The number of hydrogen-bond acceptors (Lipinski definition) is 5. The summed E-state index contributed by atoms with van der Waals surface area (Å²) in [4.78, 5) is 14.9. The number of pyridine rings is 1. The zero-order chi connectivity index (χ0) is 15.6. The zero-order valence-electron chi connectivity index (χ0n) is 12.2. The van der Waals surface area contributed by atoms with Gasteiger partial charge in [-0.3, -0.25) is 15.1 Å². The predicted octanol–water partition coefficient (Wildman–Crippen LogP) is 3.23. The number of hydrogen-bond donors (Lipinski definition) is 2. The number of nitrogens with one attached hydrogen (secondary N) is 1. The second-order valence-corrected chi connectivity index (χ2v) is 4.98. The molecule has 2 N–H and O–H groups in total. The van der Waals surface area contributed by atoms with Gasteiger partial charge in [0.25, 0.3) is 5.69 Å². The normalized spacial score (nSPS) is 10.4. The Morgan fingerprint density at radius 1 is 1.24 bits per heavy atom. The molecule has 0 aliphatic heterocycles. The summed E-state index contributed by atoms with van der Waals surface area (Å²) >= 11 is 0. The highest BCUT2D eigenvalue weighted by molar-refractivity contribution is 5.64. The monoisotopic (exact) mass is 287 g/mol. The van der Waals surface area contributed by atoms with Crippen LogP contribution in [-0.2, 0) is 6.54 Å². The zero-order valence-corrected chi connectivity index (χ0v) is 12.2. The van der Waals surface area contributed by atoms with Gasteiger partial charge in [0.2, 0.25) is 0 Å². The third-order valence-corrected chi connectivity index (χ3v) is 3.34. The van der Waals surface area contributed by atoms with Gasteiger partial charge in [-0.15, -0.1) is 0 Å². The van der Waals surface area contributed by atoms with Gasteiger partial charge in [0.1, 0.15) is 17.1 Å². The van der Waals surface area contributed by atoms with Crippen molar-refractivity contribution in [3.8, 4) is 5.75 Å². The maximum Gasteiger partial charge on any atom is 0.292 e. The second-order valence-electron chi connectivity index (χ2n) is 4.98. The van der Waals surface area contributed by atoms with Crippen molar-refractivity contribution in [1.29, 1.82) is 0 Å². The van der Waals surface area contributed by atoms with E-state index in [0.29, 0.717) is 11.4 Å². The van der Waals surface area contributed by atoms with Crippen LogP contribution in [-0.4, -0.2) is 15.0 Å². The molecule has 6 nitrogen and oxygen atoms in total. The van der Waals surface area contributed by atoms with Gasteiger partial charge in [0.15, 0.2) is 0 Å². The topological polar surface area (TPSA) is 88.3 Å². The van der Waals surface area contributed by atoms with Crippen molar-refractivity contribution < 1.29 is 10.0 Å². The molecule has 110 valence electrons. The molecule has 0 spiro atoms. The largest absolute Gasteiger partial charge is 0.506 e. The molecule has 21 heavy (non-hydrogen) atoms. The number of aromatic nitrogens is 1. The highest BCUT2D eigenvalue weighted by Gasteiger charge is 2.16. The molecule has 0 saturated carbocycles. The van der Waals surface area contributed by atoms with Gasteiger partial charge >= 0.3 is 0 Å². The summed E-state index contributed by atoms with van der Waals surface area (Å²) < 4.78 is 0. The summed E-state index contributed by atoms with van der Waals surface area (Å²) in [5.74, 6) is 0.0691. The van der Waals surface area contributed by atoms with E-state index in [1.165, 1.54) is 0 Å². The fourth-order valence-corrected chi connectivity index (χ4v) is 2.01. The van der Waals surface area contributed by atoms with Crippen LogP contribution >= 0.6 is 0 Å². The molecule has 2 aromatic rings. The second kappa shape index (κ2) is 5.78. The van der Waals surface area contributed by atoms with E-state index in [4.69, 9.17) is 0 Å². The molecule has 0 bridgehead atoms. The molecule has 0 unspecified atom stereocenters. The van der Waals surface area contributed by atoms with E-state index in [1.54, 1.807) is 24.3 Å². The molecule has 0 aliphatic rings. The van der Waals surface area contributed by atoms with Gasteiger partial charge in [-0.25, -0.2) is 0 Å². The van der Waals surface area contributed by atoms with Crippen molar-refractivity contribution in [3.05, 3.63) is 56.9 Å². The van der Waals surface area contributed by atoms with E-state index in [0.717, 1.165) is 16.8 Å². The average molecular weight is 287 g/mol. The smallest absolute Gasteiger partial charge is 0.292 e. The molecular weight excluding hydrogens is 270 g/mol. The van der Waals surface area contributed by atoms with Crippen molar-refractivity contribution in [1.82, 2.24) is 4.98 Å². The van der Waals surface area contributed by atoms with Gasteiger partial charge in [0.05, 0.1) is 11.5 Å². The fourth-order valence-electron chi connectivity index (χ4n) is 2.01. The van der Waals surface area contributed by atoms with Crippen LogP contribution in [0.3, 0.4) is 0 Å². The molecule has 0 amide bonds. The maximum atomic E-state index is 11.1. The average Bonchev–Trinajstić information content (AvgIpc) is 2.42. The Hall–Kier alpha value is -2.63. The number of nitrogens with zero attached hydrogens (tertiary/aromatic N) is 2. The minimum atomic E-state index is -0.418. The molecule has 2 rings (SSSR count). The molecule has 0 radical (unpaired) electrons. The quantitative estimate of drug-likeness (QED) is 0.665. The number of nitro groups is 1. The molecule has 1 aromatic carbocycles. The van der Waals surface area contributed by atoms with Crippen molar-refractivity contribution >= 4 is 11.4 Å². The van der Waals surface area contributed by atoms with E-state index >= 15 is 0 Å². The number of benzene rings is 1. The van der Waals surface area contributed by atoms with E-state index < -0.39 is 4.92 Å². The van der Waals surface area contributed by atoms with Crippen LogP contribution in [0.2, 0.25) is 0 Å². The first-order valence-electron chi connectivity index (χ1n) is 6.53. The highest BCUT2D eigenvalue weighted by atomic mass is 16.6. The van der Waals surface area contributed by atoms with Crippen molar-refractivity contribution in [2.24, 2.45) is 0 Å². The Balaban J connectivity index is 2.29. The van der Waals surface area contributed by atoms with E-state index in [2.05, 4.69) is 10.3 Å². The first kappa shape index (κ1) is 14.8. The van der Waals surface area contributed by atoms with Crippen LogP contribution in [0.4, 0.5) is 11.4 Å². The van der Waals surface area contributed by atoms with Gasteiger partial charge in [-0.2, -0.15) is 0 Å². The lowest BCUT2D eigenvalue weighted by molar-refractivity contribution is -0.384. The van der Waals surface area contributed by atoms with Crippen LogP contribution in [0.25, 0.3) is 0 Å². The molecule has 1 heterocycles. The van der Waals surface area contributed by atoms with Crippen molar-refractivity contribution in [3.63, 3.8) is 0 Å². The molecule has 0 aliphatic carbocycles. The summed E-state index contributed by atoms with van der Waals surface area (Å²) in [5.41, 5.74) is 3.51. The standard InChI is InChI=1S/C15H17N3O3/c1-9-6-12(14(18(20)21)7-10(9)2)16-8-13-15(19)5-4-11(3)17-13/h4-7,16,19H,8H2,1-3H3. The summed E-state index contributed by atoms with van der Waals surface area (Å²) in [6.45, 7) is 5.77. The fraction of sp³-hybridized carbons (Fsp3) is 0.267. The van der Waals surface area contributed by atoms with Gasteiger partial charge in [-0.05, 0) is 50.1 Å². The number of nitro benzene ring substituents is 1. The van der Waals surface area contributed by atoms with Crippen LogP contribution < -0.4 is 5.32 Å². The van der Waals surface area contributed by atoms with E-state index in [9.17, 15) is 15.2 Å². The predicted molar refractivity (Wildman–Crippen MR) is 80.5 cm³/mol. The van der Waals surface area contributed by atoms with Crippen LogP contribution in [0.5, 0.6) is 5.75 Å². The van der Waals surface area contributed by atoms with Gasteiger partial charge < -0.3 is 10.4 Å². The molecule has 0 fully saturated rings. The van der Waals surface area contributed by atoms with Crippen molar-refractivity contribution in [2.45, 2.75) is 27.3 Å².